The number of hydrogen-bond acceptors (Lipinski definition) is 5. The number of ether oxygens (including phenoxy) is 1. The first-order valence-corrected chi connectivity index (χ1v) is 9.64. The first kappa shape index (κ1) is 19.0. The fraction of sp³-hybridized carbons (Fsp3) is 0.286. The van der Waals surface area contributed by atoms with Gasteiger partial charge in [-0.15, -0.1) is 0 Å². The van der Waals surface area contributed by atoms with E-state index in [0.29, 0.717) is 23.0 Å². The minimum Gasteiger partial charge on any atom is -0.481 e. The van der Waals surface area contributed by atoms with Gasteiger partial charge in [-0.05, 0) is 55.8 Å². The van der Waals surface area contributed by atoms with E-state index in [4.69, 9.17) is 10.00 Å². The molecule has 1 saturated heterocycles. The summed E-state index contributed by atoms with van der Waals surface area (Å²) in [5.41, 5.74) is 2.52. The van der Waals surface area contributed by atoms with E-state index in [9.17, 15) is 4.79 Å². The van der Waals surface area contributed by atoms with Crippen LogP contribution in [0.4, 0.5) is 5.69 Å². The predicted molar refractivity (Wildman–Crippen MR) is 108 cm³/mol. The van der Waals surface area contributed by atoms with Gasteiger partial charge < -0.3 is 4.74 Å². The molecule has 0 aromatic heterocycles. The van der Waals surface area contributed by atoms with Crippen molar-refractivity contribution in [3.63, 3.8) is 0 Å². The maximum absolute atomic E-state index is 12.9. The molecule has 1 heterocycles. The van der Waals surface area contributed by atoms with Gasteiger partial charge in [-0.2, -0.15) is 5.26 Å². The topological polar surface area (TPSA) is 65.7 Å². The molecular formula is C21H21N3O2S. The summed E-state index contributed by atoms with van der Waals surface area (Å²) in [6, 6.07) is 16.7. The average molecular weight is 379 g/mol. The summed E-state index contributed by atoms with van der Waals surface area (Å²) >= 11 is 1.59. The number of aliphatic imine (C=N–C) groups is 1. The lowest BCUT2D eigenvalue weighted by Gasteiger charge is -2.21. The first-order valence-electron chi connectivity index (χ1n) is 8.76. The van der Waals surface area contributed by atoms with Gasteiger partial charge in [0.2, 0.25) is 0 Å². The zero-order chi connectivity index (χ0) is 19.4. The van der Waals surface area contributed by atoms with Crippen LogP contribution < -0.4 is 4.74 Å². The molecule has 5 nitrogen and oxygen atoms in total. The van der Waals surface area contributed by atoms with Gasteiger partial charge in [0.05, 0.1) is 17.3 Å². The number of carbonyl (C=O) groups excluding carboxylic acids is 1. The Morgan fingerprint density at radius 3 is 2.74 bits per heavy atom. The third-order valence-corrected chi connectivity index (χ3v) is 5.19. The lowest BCUT2D eigenvalue weighted by Crippen LogP contribution is -2.41. The second kappa shape index (κ2) is 8.28. The molecule has 0 saturated carbocycles. The number of nitrogens with zero attached hydrogens (tertiary/aromatic N) is 3. The Morgan fingerprint density at radius 1 is 1.33 bits per heavy atom. The van der Waals surface area contributed by atoms with Crippen LogP contribution in [-0.4, -0.2) is 33.9 Å². The number of benzene rings is 2. The highest BCUT2D eigenvalue weighted by atomic mass is 32.2. The van der Waals surface area contributed by atoms with Crippen LogP contribution in [0, 0.1) is 18.3 Å². The normalized spacial score (nSPS) is 19.0. The fourth-order valence-electron chi connectivity index (χ4n) is 2.78. The molecule has 0 aliphatic carbocycles. The summed E-state index contributed by atoms with van der Waals surface area (Å²) in [4.78, 5) is 19.3. The third-order valence-electron chi connectivity index (χ3n) is 4.11. The molecule has 138 valence electrons. The smallest absolute Gasteiger partial charge is 0.269 e. The van der Waals surface area contributed by atoms with Crippen molar-refractivity contribution in [2.75, 3.05) is 6.54 Å². The van der Waals surface area contributed by atoms with Crippen molar-refractivity contribution in [1.82, 2.24) is 4.90 Å². The van der Waals surface area contributed by atoms with Crippen LogP contribution in [0.3, 0.4) is 0 Å². The summed E-state index contributed by atoms with van der Waals surface area (Å²) in [6.45, 7) is 6.44. The van der Waals surface area contributed by atoms with E-state index in [1.165, 1.54) is 0 Å². The van der Waals surface area contributed by atoms with Crippen LogP contribution in [0.1, 0.15) is 25.0 Å². The monoisotopic (exact) mass is 379 g/mol. The van der Waals surface area contributed by atoms with E-state index in [2.05, 4.69) is 18.0 Å². The first-order chi connectivity index (χ1) is 13.0. The van der Waals surface area contributed by atoms with Crippen molar-refractivity contribution in [1.29, 1.82) is 5.26 Å². The molecule has 1 amide bonds. The minimum atomic E-state index is -0.647. The van der Waals surface area contributed by atoms with Crippen molar-refractivity contribution in [2.45, 2.75) is 32.1 Å². The van der Waals surface area contributed by atoms with Crippen LogP contribution in [-0.2, 0) is 4.79 Å². The summed E-state index contributed by atoms with van der Waals surface area (Å²) in [7, 11) is 0. The Balaban J connectivity index is 1.75. The molecule has 0 bridgehead atoms. The van der Waals surface area contributed by atoms with Gasteiger partial charge >= 0.3 is 0 Å². The number of amides is 1. The maximum atomic E-state index is 12.9. The van der Waals surface area contributed by atoms with E-state index in [0.717, 1.165) is 11.3 Å². The van der Waals surface area contributed by atoms with Crippen LogP contribution in [0.5, 0.6) is 5.75 Å². The molecule has 0 spiro atoms. The van der Waals surface area contributed by atoms with Gasteiger partial charge in [0, 0.05) is 11.8 Å². The number of thioether (sulfide) groups is 1. The van der Waals surface area contributed by atoms with E-state index in [-0.39, 0.29) is 11.2 Å². The van der Waals surface area contributed by atoms with E-state index >= 15 is 0 Å². The Bertz CT molecular complexity index is 902. The SMILES string of the molecule is Cc1cccc(N=C2SC(C)CN2C(=O)C(C)Oc2ccc(C#N)cc2)c1. The van der Waals surface area contributed by atoms with E-state index in [1.54, 1.807) is 47.9 Å². The van der Waals surface area contributed by atoms with Gasteiger partial charge in [0.1, 0.15) is 5.75 Å². The predicted octanol–water partition coefficient (Wildman–Crippen LogP) is 4.29. The molecule has 1 fully saturated rings. The largest absolute Gasteiger partial charge is 0.481 e. The Kier molecular flexibility index (Phi) is 5.82. The van der Waals surface area contributed by atoms with Crippen LogP contribution in [0.25, 0.3) is 0 Å². The van der Waals surface area contributed by atoms with E-state index in [1.807, 2.05) is 31.2 Å². The fourth-order valence-corrected chi connectivity index (χ4v) is 3.81. The standard InChI is InChI=1S/C21H21N3O2S/c1-14-5-4-6-18(11-14)23-21-24(13-15(2)27-21)20(25)16(3)26-19-9-7-17(12-22)8-10-19/h4-11,15-16H,13H2,1-3H3. The van der Waals surface area contributed by atoms with Gasteiger partial charge in [0.25, 0.3) is 5.91 Å². The van der Waals surface area contributed by atoms with E-state index < -0.39 is 6.10 Å². The second-order valence-electron chi connectivity index (χ2n) is 6.51. The molecule has 1 aliphatic heterocycles. The summed E-state index contributed by atoms with van der Waals surface area (Å²) < 4.78 is 5.78. The number of hydrogen-bond donors (Lipinski definition) is 0. The van der Waals surface area contributed by atoms with Crippen molar-refractivity contribution in [3.05, 3.63) is 59.7 Å². The molecule has 2 aromatic rings. The van der Waals surface area contributed by atoms with Crippen molar-refractivity contribution in [3.8, 4) is 11.8 Å². The summed E-state index contributed by atoms with van der Waals surface area (Å²) in [6.07, 6.45) is -0.647. The number of amidine groups is 1. The Hall–Kier alpha value is -2.78. The molecule has 3 rings (SSSR count). The van der Waals surface area contributed by atoms with Crippen molar-refractivity contribution in [2.24, 2.45) is 4.99 Å². The zero-order valence-electron chi connectivity index (χ0n) is 15.5. The molecule has 0 radical (unpaired) electrons. The molecule has 2 aromatic carbocycles. The molecule has 6 heteroatoms. The third kappa shape index (κ3) is 4.69. The number of rotatable bonds is 4. The Morgan fingerprint density at radius 2 is 2.07 bits per heavy atom. The molecular weight excluding hydrogens is 358 g/mol. The highest BCUT2D eigenvalue weighted by Crippen LogP contribution is 2.29. The molecule has 27 heavy (non-hydrogen) atoms. The van der Waals surface area contributed by atoms with Gasteiger partial charge in [-0.25, -0.2) is 4.99 Å². The molecule has 0 N–H and O–H groups in total. The molecule has 1 aliphatic rings. The van der Waals surface area contributed by atoms with Crippen LogP contribution >= 0.6 is 11.8 Å². The summed E-state index contributed by atoms with van der Waals surface area (Å²) in [5, 5.41) is 9.85. The minimum absolute atomic E-state index is 0.123. The van der Waals surface area contributed by atoms with Crippen LogP contribution in [0.15, 0.2) is 53.5 Å². The van der Waals surface area contributed by atoms with Crippen molar-refractivity contribution < 1.29 is 9.53 Å². The lowest BCUT2D eigenvalue weighted by molar-refractivity contribution is -0.133. The van der Waals surface area contributed by atoms with Gasteiger partial charge in [0.15, 0.2) is 11.3 Å². The van der Waals surface area contributed by atoms with Gasteiger partial charge in [-0.1, -0.05) is 30.8 Å². The number of aryl methyl sites for hydroxylation is 1. The molecule has 2 unspecified atom stereocenters. The number of carbonyl (C=O) groups is 1. The summed E-state index contributed by atoms with van der Waals surface area (Å²) in [5.74, 6) is 0.439. The average Bonchev–Trinajstić information content (AvgIpc) is 3.01. The van der Waals surface area contributed by atoms with Crippen LogP contribution in [0.2, 0.25) is 0 Å². The second-order valence-corrected chi connectivity index (χ2v) is 7.91. The number of nitriles is 1. The maximum Gasteiger partial charge on any atom is 0.269 e. The van der Waals surface area contributed by atoms with Crippen molar-refractivity contribution >= 4 is 28.5 Å². The Labute approximate surface area is 163 Å². The highest BCUT2D eigenvalue weighted by Gasteiger charge is 2.34. The zero-order valence-corrected chi connectivity index (χ0v) is 16.4. The van der Waals surface area contributed by atoms with Gasteiger partial charge in [-0.3, -0.25) is 9.69 Å². The highest BCUT2D eigenvalue weighted by molar-refractivity contribution is 8.14. The molecule has 2 atom stereocenters. The quantitative estimate of drug-likeness (QED) is 0.795. The lowest BCUT2D eigenvalue weighted by atomic mass is 10.2.